The molecule has 4 heteroatoms. The van der Waals surface area contributed by atoms with Crippen molar-refractivity contribution in [3.05, 3.63) is 29.8 Å². The summed E-state index contributed by atoms with van der Waals surface area (Å²) in [6, 6.07) is 5.79. The molecule has 4 nitrogen and oxygen atoms in total. The van der Waals surface area contributed by atoms with Crippen LogP contribution >= 0.6 is 0 Å². The summed E-state index contributed by atoms with van der Waals surface area (Å²) >= 11 is 0. The van der Waals surface area contributed by atoms with E-state index in [9.17, 15) is 4.79 Å². The Morgan fingerprint density at radius 2 is 1.71 bits per heavy atom. The van der Waals surface area contributed by atoms with Crippen LogP contribution < -0.4 is 9.47 Å². The molecule has 0 saturated heterocycles. The predicted octanol–water partition coefficient (Wildman–Crippen LogP) is 3.69. The first-order chi connectivity index (χ1) is 9.88. The van der Waals surface area contributed by atoms with Gasteiger partial charge in [0, 0.05) is 6.92 Å². The minimum Gasteiger partial charge on any atom is -0.493 e. The fraction of sp³-hybridized carbons (Fsp3) is 0.471. The first-order valence-electron chi connectivity index (χ1n) is 7.00. The maximum Gasteiger partial charge on any atom is 0.303 e. The van der Waals surface area contributed by atoms with Crippen LogP contribution in [0.1, 0.15) is 33.3 Å². The molecule has 0 bridgehead atoms. The van der Waals surface area contributed by atoms with Gasteiger partial charge in [0.1, 0.15) is 6.10 Å². The summed E-state index contributed by atoms with van der Waals surface area (Å²) < 4.78 is 15.8. The molecule has 1 aromatic rings. The van der Waals surface area contributed by atoms with Crippen molar-refractivity contribution < 1.29 is 19.0 Å². The second kappa shape index (κ2) is 7.72. The molecule has 0 aliphatic rings. The standard InChI is InChI=1S/C17H24O4/c1-11(2)15(9-12(3)21-13(4)18)14-7-8-16(19-5)17(10-14)20-6/h7-12H,1-6H3/b15-9+/t12-/m0/s1. The summed E-state index contributed by atoms with van der Waals surface area (Å²) in [6.45, 7) is 7.46. The molecule has 0 aliphatic heterocycles. The number of benzene rings is 1. The highest BCUT2D eigenvalue weighted by Crippen LogP contribution is 2.33. The van der Waals surface area contributed by atoms with Gasteiger partial charge in [-0.25, -0.2) is 0 Å². The highest BCUT2D eigenvalue weighted by molar-refractivity contribution is 5.71. The van der Waals surface area contributed by atoms with Gasteiger partial charge in [0.05, 0.1) is 14.2 Å². The Labute approximate surface area is 126 Å². The molecule has 1 atom stereocenters. The zero-order chi connectivity index (χ0) is 16.0. The minimum atomic E-state index is -0.283. The van der Waals surface area contributed by atoms with E-state index in [1.54, 1.807) is 14.2 Å². The number of methoxy groups -OCH3 is 2. The van der Waals surface area contributed by atoms with Crippen molar-refractivity contribution in [1.29, 1.82) is 0 Å². The van der Waals surface area contributed by atoms with E-state index in [1.165, 1.54) is 6.92 Å². The van der Waals surface area contributed by atoms with E-state index in [0.717, 1.165) is 11.1 Å². The molecule has 0 fully saturated rings. The van der Waals surface area contributed by atoms with E-state index >= 15 is 0 Å². The average Bonchev–Trinajstić information content (AvgIpc) is 2.43. The van der Waals surface area contributed by atoms with Crippen molar-refractivity contribution in [1.82, 2.24) is 0 Å². The molecule has 0 spiro atoms. The van der Waals surface area contributed by atoms with Gasteiger partial charge in [-0.3, -0.25) is 4.79 Å². The van der Waals surface area contributed by atoms with E-state index in [1.807, 2.05) is 31.2 Å². The molecule has 0 N–H and O–H groups in total. The van der Waals surface area contributed by atoms with E-state index in [0.29, 0.717) is 17.4 Å². The molecule has 1 aromatic carbocycles. The van der Waals surface area contributed by atoms with Crippen LogP contribution in [0.15, 0.2) is 24.3 Å². The number of allylic oxidation sites excluding steroid dienone is 1. The number of rotatable bonds is 6. The summed E-state index contributed by atoms with van der Waals surface area (Å²) in [6.07, 6.45) is 1.70. The Bertz CT molecular complexity index is 518. The molecular weight excluding hydrogens is 268 g/mol. The molecule has 0 heterocycles. The largest absolute Gasteiger partial charge is 0.493 e. The normalized spacial score (nSPS) is 13.0. The lowest BCUT2D eigenvalue weighted by Gasteiger charge is -2.17. The molecule has 0 radical (unpaired) electrons. The zero-order valence-electron chi connectivity index (χ0n) is 13.6. The number of carbonyl (C=O) groups is 1. The summed E-state index contributed by atoms with van der Waals surface area (Å²) in [5.41, 5.74) is 2.13. The SMILES string of the molecule is COc1ccc(/C(=C/[C@H](C)OC(C)=O)C(C)C)cc1OC. The van der Waals surface area contributed by atoms with E-state index in [-0.39, 0.29) is 12.1 Å². The van der Waals surface area contributed by atoms with Crippen LogP contribution in [0.2, 0.25) is 0 Å². The lowest BCUT2D eigenvalue weighted by Crippen LogP contribution is -2.11. The third-order valence-electron chi connectivity index (χ3n) is 3.11. The van der Waals surface area contributed by atoms with Gasteiger partial charge >= 0.3 is 5.97 Å². The lowest BCUT2D eigenvalue weighted by atomic mass is 9.93. The van der Waals surface area contributed by atoms with Gasteiger partial charge in [-0.05, 0) is 42.2 Å². The van der Waals surface area contributed by atoms with Gasteiger partial charge < -0.3 is 14.2 Å². The second-order valence-corrected chi connectivity index (χ2v) is 5.16. The number of hydrogen-bond donors (Lipinski definition) is 0. The van der Waals surface area contributed by atoms with Gasteiger partial charge in [-0.15, -0.1) is 0 Å². The number of ether oxygens (including phenoxy) is 3. The van der Waals surface area contributed by atoms with E-state index in [2.05, 4.69) is 13.8 Å². The Morgan fingerprint density at radius 1 is 1.10 bits per heavy atom. The van der Waals surface area contributed by atoms with Gasteiger partial charge in [0.2, 0.25) is 0 Å². The maximum atomic E-state index is 11.0. The molecule has 0 unspecified atom stereocenters. The van der Waals surface area contributed by atoms with E-state index < -0.39 is 0 Å². The fourth-order valence-corrected chi connectivity index (χ4v) is 2.19. The molecule has 21 heavy (non-hydrogen) atoms. The summed E-state index contributed by atoms with van der Waals surface area (Å²) in [4.78, 5) is 11.0. The molecule has 116 valence electrons. The third-order valence-corrected chi connectivity index (χ3v) is 3.11. The third kappa shape index (κ3) is 4.81. The summed E-state index contributed by atoms with van der Waals surface area (Å²) in [5.74, 6) is 1.38. The number of carbonyl (C=O) groups excluding carboxylic acids is 1. The maximum absolute atomic E-state index is 11.0. The van der Waals surface area contributed by atoms with Gasteiger partial charge in [0.25, 0.3) is 0 Å². The Hall–Kier alpha value is -1.97. The molecule has 0 aliphatic carbocycles. The topological polar surface area (TPSA) is 44.8 Å². The van der Waals surface area contributed by atoms with Gasteiger partial charge in [-0.2, -0.15) is 0 Å². The monoisotopic (exact) mass is 292 g/mol. The van der Waals surface area contributed by atoms with Crippen LogP contribution in [-0.2, 0) is 9.53 Å². The zero-order valence-corrected chi connectivity index (χ0v) is 13.6. The lowest BCUT2D eigenvalue weighted by molar-refractivity contribution is -0.143. The predicted molar refractivity (Wildman–Crippen MR) is 83.6 cm³/mol. The Morgan fingerprint density at radius 3 is 2.19 bits per heavy atom. The second-order valence-electron chi connectivity index (χ2n) is 5.16. The molecule has 0 amide bonds. The quantitative estimate of drug-likeness (QED) is 0.750. The highest BCUT2D eigenvalue weighted by atomic mass is 16.5. The molecule has 1 rings (SSSR count). The molecule has 0 saturated carbocycles. The van der Waals surface area contributed by atoms with Crippen LogP contribution in [0.3, 0.4) is 0 Å². The first kappa shape index (κ1) is 17.1. The number of esters is 1. The van der Waals surface area contributed by atoms with Crippen LogP contribution in [-0.4, -0.2) is 26.3 Å². The summed E-state index contributed by atoms with van der Waals surface area (Å²) in [7, 11) is 3.22. The first-order valence-corrected chi connectivity index (χ1v) is 7.00. The van der Waals surface area contributed by atoms with Crippen molar-refractivity contribution in [2.75, 3.05) is 14.2 Å². The average molecular weight is 292 g/mol. The fourth-order valence-electron chi connectivity index (χ4n) is 2.19. The van der Waals surface area contributed by atoms with Crippen LogP contribution in [0.25, 0.3) is 5.57 Å². The van der Waals surface area contributed by atoms with Crippen LogP contribution in [0.4, 0.5) is 0 Å². The van der Waals surface area contributed by atoms with Crippen molar-refractivity contribution in [2.45, 2.75) is 33.8 Å². The van der Waals surface area contributed by atoms with Crippen molar-refractivity contribution in [3.63, 3.8) is 0 Å². The summed E-state index contributed by atoms with van der Waals surface area (Å²) in [5, 5.41) is 0. The van der Waals surface area contributed by atoms with Crippen LogP contribution in [0.5, 0.6) is 11.5 Å². The molecular formula is C17H24O4. The van der Waals surface area contributed by atoms with E-state index in [4.69, 9.17) is 14.2 Å². The Balaban J connectivity index is 3.17. The minimum absolute atomic E-state index is 0.270. The smallest absolute Gasteiger partial charge is 0.303 e. The van der Waals surface area contributed by atoms with Gasteiger partial charge in [0.15, 0.2) is 11.5 Å². The Kier molecular flexibility index (Phi) is 6.28. The van der Waals surface area contributed by atoms with Crippen molar-refractivity contribution in [3.8, 4) is 11.5 Å². The number of hydrogen-bond acceptors (Lipinski definition) is 4. The van der Waals surface area contributed by atoms with Gasteiger partial charge in [-0.1, -0.05) is 19.9 Å². The molecule has 0 aromatic heterocycles. The van der Waals surface area contributed by atoms with Crippen molar-refractivity contribution >= 4 is 11.5 Å². The highest BCUT2D eigenvalue weighted by Gasteiger charge is 2.13. The van der Waals surface area contributed by atoms with Crippen LogP contribution in [0, 0.1) is 5.92 Å². The van der Waals surface area contributed by atoms with Crippen molar-refractivity contribution in [2.24, 2.45) is 5.92 Å².